The fourth-order valence-corrected chi connectivity index (χ4v) is 5.27. The number of amides is 1. The second-order valence-corrected chi connectivity index (χ2v) is 9.96. The summed E-state index contributed by atoms with van der Waals surface area (Å²) < 4.78 is 14.6. The van der Waals surface area contributed by atoms with Crippen LogP contribution in [0.15, 0.2) is 46.3 Å². The lowest BCUT2D eigenvalue weighted by Gasteiger charge is -2.25. The van der Waals surface area contributed by atoms with E-state index in [-0.39, 0.29) is 24.5 Å². The summed E-state index contributed by atoms with van der Waals surface area (Å²) in [7, 11) is 1.59. The lowest BCUT2D eigenvalue weighted by molar-refractivity contribution is -0.0606. The maximum absolute atomic E-state index is 14.0. The van der Waals surface area contributed by atoms with Gasteiger partial charge in [0.05, 0.1) is 37.8 Å². The summed E-state index contributed by atoms with van der Waals surface area (Å²) in [5.41, 5.74) is 6.49. The second-order valence-electron chi connectivity index (χ2n) is 9.96. The van der Waals surface area contributed by atoms with Crippen LogP contribution in [0, 0.1) is 20.8 Å². The van der Waals surface area contributed by atoms with Crippen LogP contribution in [0.2, 0.25) is 0 Å². The molecule has 0 saturated carbocycles. The first kappa shape index (κ1) is 27.8. The first-order chi connectivity index (χ1) is 19.7. The van der Waals surface area contributed by atoms with E-state index in [1.807, 2.05) is 58.0 Å². The molecular weight excluding hydrogens is 526 g/mol. The van der Waals surface area contributed by atoms with Crippen molar-refractivity contribution in [3.05, 3.63) is 80.4 Å². The number of ether oxygens (including phenoxy) is 2. The molecule has 12 nitrogen and oxygen atoms in total. The molecule has 1 aliphatic rings. The van der Waals surface area contributed by atoms with Crippen LogP contribution in [0.5, 0.6) is 11.5 Å². The van der Waals surface area contributed by atoms with Crippen LogP contribution >= 0.6 is 0 Å². The van der Waals surface area contributed by atoms with E-state index in [1.54, 1.807) is 11.7 Å². The van der Waals surface area contributed by atoms with Gasteiger partial charge < -0.3 is 9.47 Å². The number of nitrogens with zero attached hydrogens (tertiary/aromatic N) is 6. The number of carbonyl (C=O) groups excluding carboxylic acids is 1. The van der Waals surface area contributed by atoms with E-state index in [0.29, 0.717) is 47.3 Å². The Labute approximate surface area is 236 Å². The maximum atomic E-state index is 14.0. The Bertz CT molecular complexity index is 1710. The largest absolute Gasteiger partial charge is 0.493 e. The molecule has 2 N–H and O–H groups in total. The second kappa shape index (κ2) is 11.4. The molecule has 0 fully saturated rings. The number of aromatic nitrogens is 5. The van der Waals surface area contributed by atoms with Gasteiger partial charge in [0.1, 0.15) is 5.49 Å². The number of nitrogens with one attached hydrogen (secondary N) is 1. The van der Waals surface area contributed by atoms with Gasteiger partial charge in [0.25, 0.3) is 5.91 Å². The van der Waals surface area contributed by atoms with Crippen molar-refractivity contribution >= 4 is 11.6 Å². The van der Waals surface area contributed by atoms with E-state index in [1.165, 1.54) is 10.8 Å². The number of hydroxylamine groups is 2. The van der Waals surface area contributed by atoms with Gasteiger partial charge in [0.15, 0.2) is 17.2 Å². The average Bonchev–Trinajstić information content (AvgIpc) is 3.49. The highest BCUT2D eigenvalue weighted by Crippen LogP contribution is 2.37. The molecule has 0 aliphatic carbocycles. The quantitative estimate of drug-likeness (QED) is 0.250. The van der Waals surface area contributed by atoms with Crippen LogP contribution in [0.1, 0.15) is 39.7 Å². The smallest absolute Gasteiger partial charge is 0.330 e. The molecule has 12 heteroatoms. The summed E-state index contributed by atoms with van der Waals surface area (Å²) in [5.74, 6) is 0.507. The number of rotatable bonds is 8. The van der Waals surface area contributed by atoms with Crippen LogP contribution in [-0.4, -0.2) is 61.0 Å². The van der Waals surface area contributed by atoms with E-state index in [4.69, 9.17) is 14.5 Å². The zero-order valence-corrected chi connectivity index (χ0v) is 23.8. The van der Waals surface area contributed by atoms with Gasteiger partial charge in [-0.2, -0.15) is 15.4 Å². The highest BCUT2D eigenvalue weighted by molar-refractivity contribution is 5.90. The summed E-state index contributed by atoms with van der Waals surface area (Å²) in [6.45, 7) is 8.70. The van der Waals surface area contributed by atoms with E-state index < -0.39 is 5.91 Å². The lowest BCUT2D eigenvalue weighted by Crippen LogP contribution is -2.44. The number of H-pyrrole nitrogens is 1. The molecular formula is C29H33N7O5. The molecule has 214 valence electrons. The number of carbonyl (C=O) groups is 1. The topological polar surface area (TPSA) is 140 Å². The zero-order valence-electron chi connectivity index (χ0n) is 23.8. The van der Waals surface area contributed by atoms with E-state index in [9.17, 15) is 14.8 Å². The molecule has 3 heterocycles. The Balaban J connectivity index is 1.66. The summed E-state index contributed by atoms with van der Waals surface area (Å²) in [6, 6.07) is 9.83. The van der Waals surface area contributed by atoms with Crippen LogP contribution in [-0.2, 0) is 19.5 Å². The van der Waals surface area contributed by atoms with E-state index in [2.05, 4.69) is 15.4 Å². The Hall–Kier alpha value is -4.71. The maximum Gasteiger partial charge on any atom is 0.330 e. The first-order valence-electron chi connectivity index (χ1n) is 13.4. The van der Waals surface area contributed by atoms with Crippen molar-refractivity contribution in [1.29, 1.82) is 0 Å². The normalized spacial score (nSPS) is 12.6. The summed E-state index contributed by atoms with van der Waals surface area (Å²) in [6.07, 6.45) is 1.84. The molecule has 0 atom stereocenters. The predicted octanol–water partition coefficient (Wildman–Crippen LogP) is 3.09. The number of aromatic amines is 1. The minimum atomic E-state index is -0.729. The third kappa shape index (κ3) is 5.38. The molecule has 41 heavy (non-hydrogen) atoms. The Kier molecular flexibility index (Phi) is 7.75. The van der Waals surface area contributed by atoms with Gasteiger partial charge in [-0.3, -0.25) is 19.1 Å². The van der Waals surface area contributed by atoms with Gasteiger partial charge >= 0.3 is 5.69 Å². The summed E-state index contributed by atoms with van der Waals surface area (Å²) in [5, 5.41) is 20.7. The van der Waals surface area contributed by atoms with Gasteiger partial charge in [0.2, 0.25) is 0 Å². The Morgan fingerprint density at radius 1 is 1.15 bits per heavy atom. The Morgan fingerprint density at radius 2 is 1.90 bits per heavy atom. The fraction of sp³-hybridized carbons (Fsp3) is 0.345. The van der Waals surface area contributed by atoms with Crippen molar-refractivity contribution in [2.75, 3.05) is 20.3 Å². The van der Waals surface area contributed by atoms with Crippen molar-refractivity contribution in [3.63, 3.8) is 0 Å². The molecule has 0 unspecified atom stereocenters. The fourth-order valence-electron chi connectivity index (χ4n) is 5.27. The van der Waals surface area contributed by atoms with Crippen LogP contribution < -0.4 is 20.7 Å². The van der Waals surface area contributed by atoms with Crippen molar-refractivity contribution in [2.24, 2.45) is 4.99 Å². The molecule has 0 bridgehead atoms. The molecule has 1 aliphatic heterocycles. The predicted molar refractivity (Wildman–Crippen MR) is 151 cm³/mol. The summed E-state index contributed by atoms with van der Waals surface area (Å²) >= 11 is 0. The lowest BCUT2D eigenvalue weighted by atomic mass is 9.97. The van der Waals surface area contributed by atoms with Gasteiger partial charge in [-0.25, -0.2) is 14.9 Å². The first-order valence-corrected chi connectivity index (χ1v) is 13.4. The molecule has 2 aromatic carbocycles. The van der Waals surface area contributed by atoms with Crippen molar-refractivity contribution < 1.29 is 19.5 Å². The highest BCUT2D eigenvalue weighted by Gasteiger charge is 2.23. The molecule has 0 radical (unpaired) electrons. The minimum Gasteiger partial charge on any atom is -0.493 e. The number of hydrogen-bond donors (Lipinski definition) is 2. The van der Waals surface area contributed by atoms with E-state index in [0.717, 1.165) is 33.5 Å². The number of fused-ring (bicyclic) bond motifs is 3. The molecule has 0 saturated heterocycles. The van der Waals surface area contributed by atoms with E-state index >= 15 is 0 Å². The van der Waals surface area contributed by atoms with Gasteiger partial charge in [0, 0.05) is 24.7 Å². The van der Waals surface area contributed by atoms with Crippen LogP contribution in [0.3, 0.4) is 0 Å². The van der Waals surface area contributed by atoms with Gasteiger partial charge in [-0.15, -0.1) is 0 Å². The average molecular weight is 560 g/mol. The monoisotopic (exact) mass is 559 g/mol. The molecule has 4 aromatic rings. The van der Waals surface area contributed by atoms with Crippen molar-refractivity contribution in [2.45, 2.75) is 47.2 Å². The van der Waals surface area contributed by atoms with Crippen molar-refractivity contribution in [1.82, 2.24) is 29.6 Å². The molecule has 1 amide bonds. The minimum absolute atomic E-state index is 0.00144. The molecule has 5 rings (SSSR count). The number of hydrogen-bond acceptors (Lipinski definition) is 8. The standard InChI is InChI=1S/C29H33N7O5/c1-6-41-25-13-20-7-8-34-23(21(20)14-24(25)40-5)15-26(31-27-18(3)11-17(2)12-19(27)4)35(29(34)38)9-10-36(39)28(37)22-16-30-33-32-22/h11-16,39H,6-10H2,1-5H3,(H,30,32,33). The highest BCUT2D eigenvalue weighted by atomic mass is 16.5. The molecule has 2 aromatic heterocycles. The Morgan fingerprint density at radius 3 is 2.56 bits per heavy atom. The number of aryl methyl sites for hydroxylation is 4. The number of benzene rings is 2. The zero-order chi connectivity index (χ0) is 29.3. The van der Waals surface area contributed by atoms with Gasteiger partial charge in [-0.05, 0) is 62.9 Å². The third-order valence-electron chi connectivity index (χ3n) is 7.13. The SMILES string of the molecule is CCOc1cc2c(cc1OC)-c1cc(=Nc3c(C)cc(C)cc3C)n(CCN(O)C(=O)c3cn[nH]n3)c(=O)n1CC2. The van der Waals surface area contributed by atoms with Gasteiger partial charge in [-0.1, -0.05) is 17.7 Å². The molecule has 0 spiro atoms. The van der Waals surface area contributed by atoms with Crippen LogP contribution in [0.25, 0.3) is 11.3 Å². The number of methoxy groups -OCH3 is 1. The van der Waals surface area contributed by atoms with Crippen molar-refractivity contribution in [3.8, 4) is 22.8 Å². The van der Waals surface area contributed by atoms with Crippen LogP contribution in [0.4, 0.5) is 5.69 Å². The third-order valence-corrected chi connectivity index (χ3v) is 7.13. The summed E-state index contributed by atoms with van der Waals surface area (Å²) in [4.78, 5) is 31.5.